The first kappa shape index (κ1) is 13.5. The third-order valence-corrected chi connectivity index (χ3v) is 3.04. The number of nitrogens with one attached hydrogen (secondary N) is 1. The van der Waals surface area contributed by atoms with Gasteiger partial charge in [-0.1, -0.05) is 19.1 Å². The van der Waals surface area contributed by atoms with Crippen molar-refractivity contribution in [3.63, 3.8) is 0 Å². The summed E-state index contributed by atoms with van der Waals surface area (Å²) < 4.78 is 7.14. The van der Waals surface area contributed by atoms with Gasteiger partial charge in [0.05, 0.1) is 18.5 Å². The van der Waals surface area contributed by atoms with Crippen molar-refractivity contribution in [3.05, 3.63) is 41.7 Å². The first-order chi connectivity index (χ1) is 9.22. The second kappa shape index (κ2) is 6.27. The van der Waals surface area contributed by atoms with Gasteiger partial charge in [0.1, 0.15) is 5.75 Å². The molecule has 0 saturated heterocycles. The van der Waals surface area contributed by atoms with Crippen LogP contribution >= 0.6 is 0 Å². The van der Waals surface area contributed by atoms with E-state index in [1.807, 2.05) is 23.7 Å². The predicted molar refractivity (Wildman–Crippen MR) is 77.6 cm³/mol. The fourth-order valence-electron chi connectivity index (χ4n) is 1.98. The van der Waals surface area contributed by atoms with Crippen LogP contribution in [-0.4, -0.2) is 16.9 Å². The van der Waals surface area contributed by atoms with Gasteiger partial charge in [0.2, 0.25) is 0 Å². The predicted octanol–water partition coefficient (Wildman–Crippen LogP) is 3.22. The lowest BCUT2D eigenvalue weighted by Crippen LogP contribution is -1.99. The molecule has 0 aliphatic rings. The molecule has 1 heterocycles. The number of aryl methyl sites for hydroxylation is 2. The third-order valence-electron chi connectivity index (χ3n) is 3.04. The zero-order valence-corrected chi connectivity index (χ0v) is 11.8. The van der Waals surface area contributed by atoms with Crippen LogP contribution in [0.2, 0.25) is 0 Å². The first-order valence-corrected chi connectivity index (χ1v) is 6.63. The van der Waals surface area contributed by atoms with Gasteiger partial charge in [-0.3, -0.25) is 4.68 Å². The van der Waals surface area contributed by atoms with E-state index < -0.39 is 0 Å². The quantitative estimate of drug-likeness (QED) is 0.865. The fourth-order valence-corrected chi connectivity index (χ4v) is 1.98. The Morgan fingerprint density at radius 1 is 1.26 bits per heavy atom. The minimum atomic E-state index is 0.794. The highest BCUT2D eigenvalue weighted by molar-refractivity contribution is 5.46. The van der Waals surface area contributed by atoms with Crippen LogP contribution in [0, 0.1) is 6.92 Å². The van der Waals surface area contributed by atoms with Gasteiger partial charge >= 0.3 is 0 Å². The van der Waals surface area contributed by atoms with E-state index in [0.717, 1.165) is 36.6 Å². The van der Waals surface area contributed by atoms with Gasteiger partial charge in [-0.25, -0.2) is 0 Å². The fraction of sp³-hybridized carbons (Fsp3) is 0.400. The van der Waals surface area contributed by atoms with Gasteiger partial charge in [-0.15, -0.1) is 0 Å². The van der Waals surface area contributed by atoms with Gasteiger partial charge in [-0.05, 0) is 31.0 Å². The largest absolute Gasteiger partial charge is 0.497 e. The zero-order chi connectivity index (χ0) is 13.7. The molecule has 0 bridgehead atoms. The van der Waals surface area contributed by atoms with Crippen molar-refractivity contribution in [1.29, 1.82) is 0 Å². The molecular weight excluding hydrogens is 238 g/mol. The normalized spacial score (nSPS) is 10.5. The molecule has 1 aromatic heterocycles. The molecule has 2 rings (SSSR count). The maximum Gasteiger partial charge on any atom is 0.118 e. The van der Waals surface area contributed by atoms with Crippen molar-refractivity contribution in [2.75, 3.05) is 12.4 Å². The SMILES string of the molecule is CCCn1cc(NCc2ccc(OC)cc2)c(C)n1. The van der Waals surface area contributed by atoms with Gasteiger partial charge < -0.3 is 10.1 Å². The van der Waals surface area contributed by atoms with Gasteiger partial charge in [-0.2, -0.15) is 5.10 Å². The summed E-state index contributed by atoms with van der Waals surface area (Å²) in [6.45, 7) is 5.94. The molecule has 19 heavy (non-hydrogen) atoms. The standard InChI is InChI=1S/C15H21N3O/c1-4-9-18-11-15(12(2)17-18)16-10-13-5-7-14(19-3)8-6-13/h5-8,11,16H,4,9-10H2,1-3H3. The molecule has 1 aromatic carbocycles. The van der Waals surface area contributed by atoms with E-state index in [1.54, 1.807) is 7.11 Å². The average Bonchev–Trinajstić information content (AvgIpc) is 2.78. The van der Waals surface area contributed by atoms with E-state index >= 15 is 0 Å². The van der Waals surface area contributed by atoms with Gasteiger partial charge in [0.15, 0.2) is 0 Å². The highest BCUT2D eigenvalue weighted by atomic mass is 16.5. The lowest BCUT2D eigenvalue weighted by atomic mass is 10.2. The third kappa shape index (κ3) is 3.50. The second-order valence-corrected chi connectivity index (χ2v) is 4.59. The lowest BCUT2D eigenvalue weighted by molar-refractivity contribution is 0.414. The molecule has 0 radical (unpaired) electrons. The van der Waals surface area contributed by atoms with Gasteiger partial charge in [0.25, 0.3) is 0 Å². The monoisotopic (exact) mass is 259 g/mol. The molecule has 0 unspecified atom stereocenters. The number of rotatable bonds is 6. The molecule has 0 amide bonds. The maximum absolute atomic E-state index is 5.15. The molecule has 0 aliphatic heterocycles. The Bertz CT molecular complexity index is 517. The van der Waals surface area contributed by atoms with Gasteiger partial charge in [0, 0.05) is 19.3 Å². The molecule has 102 valence electrons. The molecule has 1 N–H and O–H groups in total. The molecule has 0 fully saturated rings. The van der Waals surface area contributed by atoms with E-state index in [9.17, 15) is 0 Å². The van der Waals surface area contributed by atoms with Crippen LogP contribution in [0.5, 0.6) is 5.75 Å². The number of benzene rings is 1. The topological polar surface area (TPSA) is 39.1 Å². The average molecular weight is 259 g/mol. The summed E-state index contributed by atoms with van der Waals surface area (Å²) in [5.74, 6) is 0.885. The van der Waals surface area contributed by atoms with Crippen LogP contribution < -0.4 is 10.1 Å². The van der Waals surface area contributed by atoms with E-state index in [4.69, 9.17) is 4.74 Å². The summed E-state index contributed by atoms with van der Waals surface area (Å²) in [5.41, 5.74) is 3.37. The molecule has 2 aromatic rings. The number of methoxy groups -OCH3 is 1. The second-order valence-electron chi connectivity index (χ2n) is 4.59. The van der Waals surface area contributed by atoms with Crippen LogP contribution in [0.3, 0.4) is 0 Å². The highest BCUT2D eigenvalue weighted by Gasteiger charge is 2.04. The van der Waals surface area contributed by atoms with Crippen LogP contribution in [0.15, 0.2) is 30.5 Å². The van der Waals surface area contributed by atoms with E-state index in [1.165, 1.54) is 5.56 Å². The van der Waals surface area contributed by atoms with Crippen molar-refractivity contribution in [1.82, 2.24) is 9.78 Å². The molecule has 0 saturated carbocycles. The van der Waals surface area contributed by atoms with Crippen molar-refractivity contribution in [2.24, 2.45) is 0 Å². The summed E-state index contributed by atoms with van der Waals surface area (Å²) in [4.78, 5) is 0. The Hall–Kier alpha value is -1.97. The van der Waals surface area contributed by atoms with Crippen molar-refractivity contribution < 1.29 is 4.74 Å². The molecule has 0 spiro atoms. The number of nitrogens with zero attached hydrogens (tertiary/aromatic N) is 2. The molecule has 4 heteroatoms. The Balaban J connectivity index is 1.97. The number of hydrogen-bond donors (Lipinski definition) is 1. The molecule has 0 aliphatic carbocycles. The molecular formula is C15H21N3O. The van der Waals surface area contributed by atoms with Crippen LogP contribution in [0.4, 0.5) is 5.69 Å². The molecule has 0 atom stereocenters. The maximum atomic E-state index is 5.15. The van der Waals surface area contributed by atoms with Crippen molar-refractivity contribution in [3.8, 4) is 5.75 Å². The number of ether oxygens (including phenoxy) is 1. The van der Waals surface area contributed by atoms with Crippen molar-refractivity contribution >= 4 is 5.69 Å². The summed E-state index contributed by atoms with van der Waals surface area (Å²) in [7, 11) is 1.68. The smallest absolute Gasteiger partial charge is 0.118 e. The first-order valence-electron chi connectivity index (χ1n) is 6.63. The minimum absolute atomic E-state index is 0.794. The Labute approximate surface area is 114 Å². The zero-order valence-electron chi connectivity index (χ0n) is 11.8. The Kier molecular flexibility index (Phi) is 4.44. The van der Waals surface area contributed by atoms with Crippen molar-refractivity contribution in [2.45, 2.75) is 33.4 Å². The Morgan fingerprint density at radius 2 is 2.00 bits per heavy atom. The van der Waals surface area contributed by atoms with E-state index in [-0.39, 0.29) is 0 Å². The number of aromatic nitrogens is 2. The minimum Gasteiger partial charge on any atom is -0.497 e. The summed E-state index contributed by atoms with van der Waals surface area (Å²) in [5, 5.41) is 7.90. The summed E-state index contributed by atoms with van der Waals surface area (Å²) in [6.07, 6.45) is 3.17. The summed E-state index contributed by atoms with van der Waals surface area (Å²) in [6, 6.07) is 8.09. The number of hydrogen-bond acceptors (Lipinski definition) is 3. The van der Waals surface area contributed by atoms with E-state index in [0.29, 0.717) is 0 Å². The van der Waals surface area contributed by atoms with Crippen LogP contribution in [-0.2, 0) is 13.1 Å². The highest BCUT2D eigenvalue weighted by Crippen LogP contribution is 2.16. The van der Waals surface area contributed by atoms with E-state index in [2.05, 4.69) is 35.7 Å². The Morgan fingerprint density at radius 3 is 2.63 bits per heavy atom. The van der Waals surface area contributed by atoms with Crippen LogP contribution in [0.1, 0.15) is 24.6 Å². The number of anilines is 1. The summed E-state index contributed by atoms with van der Waals surface area (Å²) >= 11 is 0. The molecule has 4 nitrogen and oxygen atoms in total. The van der Waals surface area contributed by atoms with Crippen LogP contribution in [0.25, 0.3) is 0 Å². The lowest BCUT2D eigenvalue weighted by Gasteiger charge is -2.06.